The maximum Gasteiger partial charge on any atom is 0.160 e. The maximum atomic E-state index is 5.10. The first kappa shape index (κ1) is 31.3. The fraction of sp³-hybridized carbons (Fsp3) is 0.0400. The van der Waals surface area contributed by atoms with Crippen LogP contribution in [0.3, 0.4) is 0 Å². The van der Waals surface area contributed by atoms with Crippen LogP contribution < -0.4 is 0 Å². The van der Waals surface area contributed by atoms with E-state index in [1.807, 2.05) is 24.3 Å². The average Bonchev–Trinajstić information content (AvgIpc) is 3.38. The summed E-state index contributed by atoms with van der Waals surface area (Å²) in [5.41, 5.74) is 14.7. The monoisotopic (exact) mass is 664 g/mol. The summed E-state index contributed by atoms with van der Waals surface area (Å²) < 4.78 is 0. The smallest absolute Gasteiger partial charge is 0.160 e. The van der Waals surface area contributed by atoms with Crippen molar-refractivity contribution in [3.05, 3.63) is 222 Å². The van der Waals surface area contributed by atoms with E-state index in [1.165, 1.54) is 55.3 Å². The van der Waals surface area contributed by atoms with Gasteiger partial charge in [0.1, 0.15) is 0 Å². The van der Waals surface area contributed by atoms with Crippen LogP contribution in [0.2, 0.25) is 0 Å². The summed E-state index contributed by atoms with van der Waals surface area (Å²) in [5.74, 6) is 0.765. The third kappa shape index (κ3) is 6.05. The Labute approximate surface area is 305 Å². The van der Waals surface area contributed by atoms with Crippen LogP contribution in [0.1, 0.15) is 28.2 Å². The fourth-order valence-electron chi connectivity index (χ4n) is 7.48. The van der Waals surface area contributed by atoms with Gasteiger partial charge in [0.05, 0.1) is 11.4 Å². The van der Waals surface area contributed by atoms with Gasteiger partial charge in [-0.1, -0.05) is 194 Å². The molecule has 0 aliphatic heterocycles. The van der Waals surface area contributed by atoms with Gasteiger partial charge in [-0.15, -0.1) is 0 Å². The molecule has 8 aromatic rings. The summed E-state index contributed by atoms with van der Waals surface area (Å²) in [5, 5.41) is 2.53. The van der Waals surface area contributed by atoms with Gasteiger partial charge in [0.2, 0.25) is 0 Å². The third-order valence-electron chi connectivity index (χ3n) is 10.2. The average molecular weight is 665 g/mol. The maximum absolute atomic E-state index is 5.10. The molecule has 52 heavy (non-hydrogen) atoms. The van der Waals surface area contributed by atoms with E-state index in [-0.39, 0.29) is 5.92 Å². The summed E-state index contributed by atoms with van der Waals surface area (Å²) in [4.78, 5) is 10.2. The second kappa shape index (κ2) is 13.6. The van der Waals surface area contributed by atoms with Crippen LogP contribution >= 0.6 is 0 Å². The first-order valence-corrected chi connectivity index (χ1v) is 17.8. The van der Waals surface area contributed by atoms with Crippen molar-refractivity contribution in [2.75, 3.05) is 0 Å². The Balaban J connectivity index is 1.11. The Hall–Kier alpha value is -6.64. The Morgan fingerprint density at radius 2 is 0.981 bits per heavy atom. The largest absolute Gasteiger partial charge is 0.228 e. The Bertz CT molecular complexity index is 2570. The van der Waals surface area contributed by atoms with Gasteiger partial charge in [0.15, 0.2) is 5.82 Å². The van der Waals surface area contributed by atoms with Gasteiger partial charge >= 0.3 is 0 Å². The van der Waals surface area contributed by atoms with Crippen molar-refractivity contribution in [3.63, 3.8) is 0 Å². The minimum atomic E-state index is 0.0550. The molecule has 1 atom stereocenters. The molecule has 1 aliphatic rings. The Morgan fingerprint density at radius 3 is 1.63 bits per heavy atom. The van der Waals surface area contributed by atoms with Gasteiger partial charge in [-0.05, 0) is 62.2 Å². The number of aromatic nitrogens is 2. The Kier molecular flexibility index (Phi) is 8.19. The molecule has 1 aliphatic carbocycles. The lowest BCUT2D eigenvalue weighted by molar-refractivity contribution is 0.947. The minimum absolute atomic E-state index is 0.0550. The highest BCUT2D eigenvalue weighted by atomic mass is 14.9. The highest BCUT2D eigenvalue weighted by Crippen LogP contribution is 2.42. The fourth-order valence-corrected chi connectivity index (χ4v) is 7.48. The molecule has 1 unspecified atom stereocenters. The summed E-state index contributed by atoms with van der Waals surface area (Å²) >= 11 is 0. The molecule has 246 valence electrons. The molecular weight excluding hydrogens is 629 g/mol. The zero-order valence-corrected chi connectivity index (χ0v) is 28.8. The molecule has 1 heterocycles. The van der Waals surface area contributed by atoms with Gasteiger partial charge < -0.3 is 0 Å². The molecule has 0 saturated heterocycles. The number of hydrogen-bond donors (Lipinski definition) is 0. The van der Waals surface area contributed by atoms with Crippen LogP contribution in [0.4, 0.5) is 0 Å². The first-order valence-electron chi connectivity index (χ1n) is 17.8. The lowest BCUT2D eigenvalue weighted by Crippen LogP contribution is -2.01. The van der Waals surface area contributed by atoms with Gasteiger partial charge in [-0.2, -0.15) is 0 Å². The summed E-state index contributed by atoms with van der Waals surface area (Å²) in [6.45, 7) is 4.67. The molecule has 2 nitrogen and oxygen atoms in total. The van der Waals surface area contributed by atoms with Crippen LogP contribution in [0.25, 0.3) is 61.4 Å². The number of benzene rings is 7. The van der Waals surface area contributed by atoms with Crippen molar-refractivity contribution in [1.29, 1.82) is 0 Å². The molecule has 0 N–H and O–H groups in total. The number of hydrogen-bond acceptors (Lipinski definition) is 2. The van der Waals surface area contributed by atoms with Crippen LogP contribution in [-0.2, 0) is 6.42 Å². The SMILES string of the molecule is C=C1Cc2ccc3ccccc3c2C(c2ccccc2)=CC1c1ccc(-c2cc(-c3ccc(-c4ccccc4)cc3)nc(-c3ccccc3)n2)cc1. The molecule has 0 spiro atoms. The minimum Gasteiger partial charge on any atom is -0.228 e. The molecule has 0 saturated carbocycles. The molecular formula is C50H36N2. The van der Waals surface area contributed by atoms with Crippen molar-refractivity contribution < 1.29 is 0 Å². The normalized spacial score (nSPS) is 14.0. The number of fused-ring (bicyclic) bond motifs is 3. The highest BCUT2D eigenvalue weighted by Gasteiger charge is 2.24. The number of allylic oxidation sites excluding steroid dienone is 2. The topological polar surface area (TPSA) is 25.8 Å². The highest BCUT2D eigenvalue weighted by molar-refractivity contribution is 6.00. The summed E-state index contributed by atoms with van der Waals surface area (Å²) in [7, 11) is 0. The molecule has 0 fully saturated rings. The summed E-state index contributed by atoms with van der Waals surface area (Å²) in [6.07, 6.45) is 3.25. The van der Waals surface area contributed by atoms with E-state index in [0.29, 0.717) is 5.82 Å². The van der Waals surface area contributed by atoms with Crippen LogP contribution in [0, 0.1) is 0 Å². The van der Waals surface area contributed by atoms with E-state index in [1.54, 1.807) is 0 Å². The molecule has 9 rings (SSSR count). The molecule has 0 amide bonds. The van der Waals surface area contributed by atoms with E-state index < -0.39 is 0 Å². The van der Waals surface area contributed by atoms with Crippen molar-refractivity contribution in [2.45, 2.75) is 12.3 Å². The third-order valence-corrected chi connectivity index (χ3v) is 10.2. The van der Waals surface area contributed by atoms with E-state index in [0.717, 1.165) is 34.5 Å². The van der Waals surface area contributed by atoms with Crippen molar-refractivity contribution in [1.82, 2.24) is 9.97 Å². The summed E-state index contributed by atoms with van der Waals surface area (Å²) in [6, 6.07) is 64.4. The zero-order chi connectivity index (χ0) is 34.9. The van der Waals surface area contributed by atoms with Crippen molar-refractivity contribution in [2.24, 2.45) is 0 Å². The van der Waals surface area contributed by atoms with Crippen molar-refractivity contribution >= 4 is 16.3 Å². The first-order chi connectivity index (χ1) is 25.7. The van der Waals surface area contributed by atoms with Crippen molar-refractivity contribution in [3.8, 4) is 45.0 Å². The van der Waals surface area contributed by atoms with Crippen LogP contribution in [-0.4, -0.2) is 9.97 Å². The van der Waals surface area contributed by atoms with Gasteiger partial charge in [-0.3, -0.25) is 0 Å². The van der Waals surface area contributed by atoms with E-state index >= 15 is 0 Å². The predicted octanol–water partition coefficient (Wildman–Crippen LogP) is 12.6. The Morgan fingerprint density at radius 1 is 0.462 bits per heavy atom. The lowest BCUT2D eigenvalue weighted by atomic mass is 9.88. The van der Waals surface area contributed by atoms with Gasteiger partial charge in [0, 0.05) is 22.6 Å². The van der Waals surface area contributed by atoms with Crippen LogP contribution in [0.15, 0.2) is 200 Å². The predicted molar refractivity (Wildman–Crippen MR) is 217 cm³/mol. The second-order valence-electron chi connectivity index (χ2n) is 13.5. The van der Waals surface area contributed by atoms with E-state index in [2.05, 4.69) is 170 Å². The second-order valence-corrected chi connectivity index (χ2v) is 13.5. The zero-order valence-electron chi connectivity index (χ0n) is 28.8. The molecule has 2 heteroatoms. The molecule has 0 radical (unpaired) electrons. The molecule has 1 aromatic heterocycles. The standard InChI is InChI=1S/C50H36N2/c1-34-31-43-30-25-38-17-11-12-20-44(38)49(43)46(37-15-7-3-8-16-37)32-45(34)39-23-28-41(29-24-39)48-33-47(51-50(52-48)42-18-9-4-10-19-42)40-26-21-36(22-27-40)35-13-5-2-6-14-35/h2-30,32-33,45H,1,31H2. The van der Waals surface area contributed by atoms with Crippen LogP contribution in [0.5, 0.6) is 0 Å². The van der Waals surface area contributed by atoms with E-state index in [9.17, 15) is 0 Å². The van der Waals surface area contributed by atoms with E-state index in [4.69, 9.17) is 9.97 Å². The number of nitrogens with zero attached hydrogens (tertiary/aromatic N) is 2. The molecule has 0 bridgehead atoms. The quantitative estimate of drug-likeness (QED) is 0.165. The molecule has 7 aromatic carbocycles. The number of rotatable bonds is 6. The lowest BCUT2D eigenvalue weighted by Gasteiger charge is -2.17. The van der Waals surface area contributed by atoms with Gasteiger partial charge in [0.25, 0.3) is 0 Å². The van der Waals surface area contributed by atoms with Gasteiger partial charge in [-0.25, -0.2) is 9.97 Å².